The third-order valence-electron chi connectivity index (χ3n) is 4.38. The maximum atomic E-state index is 13.5. The second-order valence-corrected chi connectivity index (χ2v) is 7.21. The number of furan rings is 1. The number of amides is 1. The van der Waals surface area contributed by atoms with Crippen LogP contribution in [-0.4, -0.2) is 24.6 Å². The van der Waals surface area contributed by atoms with Gasteiger partial charge < -0.3 is 13.9 Å². The summed E-state index contributed by atoms with van der Waals surface area (Å²) in [6.07, 6.45) is 1.59. The maximum absolute atomic E-state index is 13.5. The average Bonchev–Trinajstić information content (AvgIpc) is 3.41. The van der Waals surface area contributed by atoms with Crippen LogP contribution in [0.3, 0.4) is 0 Å². The fourth-order valence-corrected chi connectivity index (χ4v) is 4.03. The van der Waals surface area contributed by atoms with Crippen molar-refractivity contribution in [3.05, 3.63) is 72.2 Å². The van der Waals surface area contributed by atoms with Crippen LogP contribution in [0.1, 0.15) is 23.0 Å². The van der Waals surface area contributed by atoms with Crippen molar-refractivity contribution in [1.29, 1.82) is 0 Å². The Balaban J connectivity index is 1.79. The molecule has 0 unspecified atom stereocenters. The van der Waals surface area contributed by atoms with E-state index in [-0.39, 0.29) is 12.5 Å². The largest absolute Gasteiger partial charge is 0.496 e. The number of anilines is 1. The summed E-state index contributed by atoms with van der Waals surface area (Å²) in [7, 11) is 1.55. The van der Waals surface area contributed by atoms with Crippen molar-refractivity contribution in [1.82, 2.24) is 4.98 Å². The lowest BCUT2D eigenvalue weighted by Crippen LogP contribution is -2.30. The number of fused-ring (bicyclic) bond motifs is 1. The Morgan fingerprint density at radius 2 is 1.93 bits per heavy atom. The lowest BCUT2D eigenvalue weighted by atomic mass is 10.1. The molecule has 0 spiro atoms. The number of carbonyl (C=O) groups excluding carboxylic acids is 1. The minimum absolute atomic E-state index is 0.212. The summed E-state index contributed by atoms with van der Waals surface area (Å²) in [6.45, 7) is 2.73. The molecule has 0 N–H and O–H groups in total. The van der Waals surface area contributed by atoms with E-state index in [0.717, 1.165) is 10.2 Å². The molecule has 1 amide bonds. The van der Waals surface area contributed by atoms with Crippen LogP contribution in [0, 0.1) is 0 Å². The Kier molecular flexibility index (Phi) is 5.48. The number of para-hydroxylation sites is 2. The number of ether oxygens (including phenoxy) is 2. The van der Waals surface area contributed by atoms with Crippen LogP contribution in [0.5, 0.6) is 11.5 Å². The van der Waals surface area contributed by atoms with E-state index in [1.165, 1.54) is 11.3 Å². The van der Waals surface area contributed by atoms with Gasteiger partial charge in [0.05, 0.1) is 36.8 Å². The first-order valence-electron chi connectivity index (χ1n) is 9.21. The van der Waals surface area contributed by atoms with Crippen molar-refractivity contribution in [3.63, 3.8) is 0 Å². The predicted molar refractivity (Wildman–Crippen MR) is 113 cm³/mol. The number of carbonyl (C=O) groups is 1. The topological polar surface area (TPSA) is 64.8 Å². The van der Waals surface area contributed by atoms with E-state index in [1.807, 2.05) is 43.3 Å². The zero-order valence-electron chi connectivity index (χ0n) is 16.1. The number of methoxy groups -OCH3 is 1. The molecule has 0 fully saturated rings. The van der Waals surface area contributed by atoms with Gasteiger partial charge in [-0.15, -0.1) is 0 Å². The molecule has 2 aromatic carbocycles. The first-order chi connectivity index (χ1) is 14.2. The Hall–Kier alpha value is -3.32. The van der Waals surface area contributed by atoms with Gasteiger partial charge in [0.1, 0.15) is 22.8 Å². The quantitative estimate of drug-likeness (QED) is 0.423. The summed E-state index contributed by atoms with van der Waals surface area (Å²) in [5, 5.41) is 0.569. The molecule has 0 aliphatic rings. The van der Waals surface area contributed by atoms with E-state index in [2.05, 4.69) is 0 Å². The molecule has 0 bridgehead atoms. The summed E-state index contributed by atoms with van der Waals surface area (Å²) in [4.78, 5) is 19.8. The molecule has 4 rings (SSSR count). The Morgan fingerprint density at radius 1 is 1.10 bits per heavy atom. The van der Waals surface area contributed by atoms with Crippen LogP contribution >= 0.6 is 11.3 Å². The Morgan fingerprint density at radius 3 is 2.69 bits per heavy atom. The van der Waals surface area contributed by atoms with Gasteiger partial charge in [0, 0.05) is 0 Å². The minimum atomic E-state index is -0.212. The number of thiazole rings is 1. The molecule has 7 heteroatoms. The summed E-state index contributed by atoms with van der Waals surface area (Å²) in [6, 6.07) is 16.6. The summed E-state index contributed by atoms with van der Waals surface area (Å²) in [5.41, 5.74) is 1.21. The Bertz CT molecular complexity index is 1120. The summed E-state index contributed by atoms with van der Waals surface area (Å²) in [5.74, 6) is 1.67. The standard InChI is InChI=1S/C22H20N2O4S/c1-3-27-18-11-6-12-19-20(18)23-22(29-19)24(14-15-8-7-13-28-15)21(25)16-9-4-5-10-17(16)26-2/h4-13H,3,14H2,1-2H3. The molecule has 0 aliphatic heterocycles. The number of aromatic nitrogens is 1. The second-order valence-electron chi connectivity index (χ2n) is 6.20. The summed E-state index contributed by atoms with van der Waals surface area (Å²) < 4.78 is 17.5. The number of rotatable bonds is 7. The lowest BCUT2D eigenvalue weighted by Gasteiger charge is -2.20. The van der Waals surface area contributed by atoms with E-state index >= 15 is 0 Å². The van der Waals surface area contributed by atoms with Crippen molar-refractivity contribution in [2.24, 2.45) is 0 Å². The van der Waals surface area contributed by atoms with Crippen LogP contribution in [0.15, 0.2) is 65.3 Å². The van der Waals surface area contributed by atoms with E-state index < -0.39 is 0 Å². The highest BCUT2D eigenvalue weighted by Crippen LogP contribution is 2.36. The van der Waals surface area contributed by atoms with E-state index in [1.54, 1.807) is 36.5 Å². The zero-order valence-corrected chi connectivity index (χ0v) is 16.9. The molecular formula is C22H20N2O4S. The maximum Gasteiger partial charge on any atom is 0.264 e. The predicted octanol–water partition coefficient (Wildman–Crippen LogP) is 5.14. The zero-order chi connectivity index (χ0) is 20.2. The third-order valence-corrected chi connectivity index (χ3v) is 5.42. The normalized spacial score (nSPS) is 10.8. The molecular weight excluding hydrogens is 388 g/mol. The first-order valence-corrected chi connectivity index (χ1v) is 10.0. The van der Waals surface area contributed by atoms with Gasteiger partial charge in [0.25, 0.3) is 5.91 Å². The van der Waals surface area contributed by atoms with Crippen molar-refractivity contribution in [3.8, 4) is 11.5 Å². The van der Waals surface area contributed by atoms with E-state index in [4.69, 9.17) is 18.9 Å². The summed E-state index contributed by atoms with van der Waals surface area (Å²) >= 11 is 1.44. The number of hydrogen-bond acceptors (Lipinski definition) is 6. The SMILES string of the molecule is CCOc1cccc2sc(N(Cc3ccco3)C(=O)c3ccccc3OC)nc12. The molecule has 6 nitrogen and oxygen atoms in total. The molecule has 29 heavy (non-hydrogen) atoms. The fraction of sp³-hybridized carbons (Fsp3) is 0.182. The highest BCUT2D eigenvalue weighted by Gasteiger charge is 2.25. The van der Waals surface area contributed by atoms with Crippen LogP contribution in [0.2, 0.25) is 0 Å². The van der Waals surface area contributed by atoms with Crippen molar-refractivity contribution in [2.45, 2.75) is 13.5 Å². The van der Waals surface area contributed by atoms with Crippen LogP contribution < -0.4 is 14.4 Å². The Labute approximate surface area is 172 Å². The highest BCUT2D eigenvalue weighted by molar-refractivity contribution is 7.22. The van der Waals surface area contributed by atoms with Crippen molar-refractivity contribution < 1.29 is 18.7 Å². The monoisotopic (exact) mass is 408 g/mol. The molecule has 0 saturated carbocycles. The molecule has 0 aliphatic carbocycles. The lowest BCUT2D eigenvalue weighted by molar-refractivity contribution is 0.0980. The highest BCUT2D eigenvalue weighted by atomic mass is 32.1. The third kappa shape index (κ3) is 3.82. The van der Waals surface area contributed by atoms with Crippen LogP contribution in [-0.2, 0) is 6.54 Å². The molecule has 0 saturated heterocycles. The van der Waals surface area contributed by atoms with Crippen LogP contribution in [0.4, 0.5) is 5.13 Å². The molecule has 0 atom stereocenters. The van der Waals surface area contributed by atoms with Gasteiger partial charge in [-0.3, -0.25) is 9.69 Å². The molecule has 0 radical (unpaired) electrons. The van der Waals surface area contributed by atoms with Crippen LogP contribution in [0.25, 0.3) is 10.2 Å². The van der Waals surface area contributed by atoms with Crippen molar-refractivity contribution >= 4 is 32.6 Å². The van der Waals surface area contributed by atoms with Gasteiger partial charge in [-0.2, -0.15) is 0 Å². The molecule has 148 valence electrons. The van der Waals surface area contributed by atoms with Crippen molar-refractivity contribution in [2.75, 3.05) is 18.6 Å². The van der Waals surface area contributed by atoms with Gasteiger partial charge in [0.2, 0.25) is 0 Å². The van der Waals surface area contributed by atoms with Gasteiger partial charge in [-0.1, -0.05) is 29.5 Å². The number of nitrogens with zero attached hydrogens (tertiary/aromatic N) is 2. The van der Waals surface area contributed by atoms with Gasteiger partial charge in [-0.05, 0) is 43.3 Å². The second kappa shape index (κ2) is 8.36. The van der Waals surface area contributed by atoms with Gasteiger partial charge in [0.15, 0.2) is 5.13 Å². The number of hydrogen-bond donors (Lipinski definition) is 0. The molecule has 4 aromatic rings. The average molecular weight is 408 g/mol. The molecule has 2 aromatic heterocycles. The smallest absolute Gasteiger partial charge is 0.264 e. The van der Waals surface area contributed by atoms with E-state index in [0.29, 0.717) is 34.6 Å². The fourth-order valence-electron chi connectivity index (χ4n) is 3.05. The van der Waals surface area contributed by atoms with Gasteiger partial charge in [-0.25, -0.2) is 4.98 Å². The number of benzene rings is 2. The molecule has 2 heterocycles. The first kappa shape index (κ1) is 19.0. The van der Waals surface area contributed by atoms with E-state index in [9.17, 15) is 4.79 Å². The minimum Gasteiger partial charge on any atom is -0.496 e. The van der Waals surface area contributed by atoms with Gasteiger partial charge >= 0.3 is 0 Å².